The van der Waals surface area contributed by atoms with Crippen LogP contribution < -0.4 is 10.2 Å². The maximum atomic E-state index is 12.7. The minimum absolute atomic E-state index is 0.136. The Morgan fingerprint density at radius 1 is 0.853 bits per heavy atom. The highest BCUT2D eigenvalue weighted by atomic mass is 16.1. The van der Waals surface area contributed by atoms with Crippen LogP contribution in [0.1, 0.15) is 41.6 Å². The van der Waals surface area contributed by atoms with E-state index in [4.69, 9.17) is 0 Å². The van der Waals surface area contributed by atoms with Gasteiger partial charge in [-0.2, -0.15) is 0 Å². The molecule has 3 heterocycles. The van der Waals surface area contributed by atoms with Crippen LogP contribution in [0.25, 0.3) is 11.3 Å². The van der Waals surface area contributed by atoms with Gasteiger partial charge in [0.15, 0.2) is 5.82 Å². The van der Waals surface area contributed by atoms with Crippen LogP contribution in [0.3, 0.4) is 0 Å². The lowest BCUT2D eigenvalue weighted by Gasteiger charge is -2.20. The monoisotopic (exact) mass is 452 g/mol. The van der Waals surface area contributed by atoms with Crippen molar-refractivity contribution >= 4 is 17.4 Å². The van der Waals surface area contributed by atoms with E-state index >= 15 is 0 Å². The number of aromatic nitrogens is 4. The fraction of sp³-hybridized carbons (Fsp3) is 0.259. The molecule has 4 aromatic rings. The Labute approximate surface area is 199 Å². The zero-order chi connectivity index (χ0) is 23.2. The summed E-state index contributed by atoms with van der Waals surface area (Å²) in [6, 6.07) is 19.4. The number of carbonyl (C=O) groups excluding carboxylic acids is 1. The lowest BCUT2D eigenvalue weighted by molar-refractivity contribution is 0.102. The Morgan fingerprint density at radius 2 is 1.62 bits per heavy atom. The number of hydrogen-bond acceptors (Lipinski definition) is 5. The predicted octanol–water partition coefficient (Wildman–Crippen LogP) is 5.02. The van der Waals surface area contributed by atoms with Crippen molar-refractivity contribution in [2.75, 3.05) is 23.3 Å². The van der Waals surface area contributed by atoms with Crippen molar-refractivity contribution in [3.8, 4) is 11.3 Å². The molecule has 0 unspecified atom stereocenters. The quantitative estimate of drug-likeness (QED) is 0.444. The van der Waals surface area contributed by atoms with Gasteiger partial charge in [-0.15, -0.1) is 10.2 Å². The predicted molar refractivity (Wildman–Crippen MR) is 134 cm³/mol. The number of carbonyl (C=O) groups is 1. The summed E-state index contributed by atoms with van der Waals surface area (Å²) in [6.45, 7) is 2.83. The highest BCUT2D eigenvalue weighted by Gasteiger charge is 2.12. The number of imidazole rings is 1. The Hall–Kier alpha value is -4.00. The second-order valence-corrected chi connectivity index (χ2v) is 8.64. The minimum atomic E-state index is -0.136. The lowest BCUT2D eigenvalue weighted by Crippen LogP contribution is -2.25. The van der Waals surface area contributed by atoms with Crippen LogP contribution in [0.15, 0.2) is 79.4 Å². The summed E-state index contributed by atoms with van der Waals surface area (Å²) in [5.41, 5.74) is 4.27. The van der Waals surface area contributed by atoms with E-state index in [1.54, 1.807) is 12.5 Å². The molecule has 0 atom stereocenters. The third kappa shape index (κ3) is 5.31. The molecule has 1 aliphatic heterocycles. The highest BCUT2D eigenvalue weighted by Crippen LogP contribution is 2.22. The summed E-state index contributed by atoms with van der Waals surface area (Å²) < 4.78 is 1.99. The largest absolute Gasteiger partial charge is 0.355 e. The summed E-state index contributed by atoms with van der Waals surface area (Å²) in [4.78, 5) is 19.0. The molecule has 0 spiro atoms. The van der Waals surface area contributed by atoms with E-state index in [1.807, 2.05) is 65.4 Å². The first-order valence-electron chi connectivity index (χ1n) is 11.8. The van der Waals surface area contributed by atoms with E-state index < -0.39 is 0 Å². The number of nitrogens with zero attached hydrogens (tertiary/aromatic N) is 5. The zero-order valence-electron chi connectivity index (χ0n) is 19.1. The Morgan fingerprint density at radius 3 is 2.26 bits per heavy atom. The van der Waals surface area contributed by atoms with E-state index in [2.05, 4.69) is 31.5 Å². The summed E-state index contributed by atoms with van der Waals surface area (Å²) in [5.74, 6) is 0.814. The van der Waals surface area contributed by atoms with Crippen LogP contribution in [-0.4, -0.2) is 38.7 Å². The Kier molecular flexibility index (Phi) is 6.61. The van der Waals surface area contributed by atoms with Crippen molar-refractivity contribution in [2.45, 2.75) is 32.2 Å². The molecule has 2 aromatic heterocycles. The average Bonchev–Trinajstić information content (AvgIpc) is 3.24. The van der Waals surface area contributed by atoms with Gasteiger partial charge < -0.3 is 14.8 Å². The number of rotatable bonds is 6. The molecule has 0 bridgehead atoms. The molecule has 1 amide bonds. The number of benzene rings is 2. The van der Waals surface area contributed by atoms with Crippen LogP contribution in [-0.2, 0) is 6.54 Å². The van der Waals surface area contributed by atoms with Crippen molar-refractivity contribution < 1.29 is 4.79 Å². The molecule has 1 fully saturated rings. The average molecular weight is 453 g/mol. The van der Waals surface area contributed by atoms with E-state index in [0.29, 0.717) is 5.56 Å². The summed E-state index contributed by atoms with van der Waals surface area (Å²) >= 11 is 0. The van der Waals surface area contributed by atoms with Crippen LogP contribution in [0, 0.1) is 0 Å². The number of nitrogens with one attached hydrogen (secondary N) is 1. The third-order valence-electron chi connectivity index (χ3n) is 6.16. The number of hydrogen-bond donors (Lipinski definition) is 1. The SMILES string of the molecule is O=C(Nc1ccc(-c2ccc(N3CCCCCC3)nn2)cc1)c1ccc(Cn2ccnc2)cc1. The number of anilines is 2. The standard InChI is InChI=1S/C27H28N6O/c34-27(23-7-5-21(6-8-23)19-32-18-15-28-20-32)29-24-11-9-22(10-12-24)25-13-14-26(31-30-25)33-16-3-1-2-4-17-33/h5-15,18,20H,1-4,16-17,19H2,(H,29,34). The smallest absolute Gasteiger partial charge is 0.255 e. The van der Waals surface area contributed by atoms with Gasteiger partial charge in [0.05, 0.1) is 12.0 Å². The minimum Gasteiger partial charge on any atom is -0.355 e. The van der Waals surface area contributed by atoms with Gasteiger partial charge in [-0.05, 0) is 54.8 Å². The van der Waals surface area contributed by atoms with Gasteiger partial charge in [-0.1, -0.05) is 37.1 Å². The topological polar surface area (TPSA) is 75.9 Å². The molecule has 0 saturated carbocycles. The molecule has 34 heavy (non-hydrogen) atoms. The molecule has 1 aliphatic rings. The van der Waals surface area contributed by atoms with Gasteiger partial charge in [-0.25, -0.2) is 4.98 Å². The first-order chi connectivity index (χ1) is 16.7. The first-order valence-corrected chi connectivity index (χ1v) is 11.8. The second-order valence-electron chi connectivity index (χ2n) is 8.64. The summed E-state index contributed by atoms with van der Waals surface area (Å²) in [5, 5.41) is 11.9. The number of amides is 1. The molecule has 0 aliphatic carbocycles. The van der Waals surface area contributed by atoms with E-state index in [1.165, 1.54) is 25.7 Å². The third-order valence-corrected chi connectivity index (χ3v) is 6.16. The van der Waals surface area contributed by atoms with Crippen molar-refractivity contribution in [1.82, 2.24) is 19.7 Å². The molecule has 7 nitrogen and oxygen atoms in total. The Bertz CT molecular complexity index is 1190. The van der Waals surface area contributed by atoms with Crippen LogP contribution in [0.5, 0.6) is 0 Å². The second kappa shape index (κ2) is 10.3. The van der Waals surface area contributed by atoms with Crippen molar-refractivity contribution in [2.24, 2.45) is 0 Å². The van der Waals surface area contributed by atoms with E-state index in [9.17, 15) is 4.79 Å². The van der Waals surface area contributed by atoms with Gasteiger partial charge in [-0.3, -0.25) is 4.79 Å². The van der Waals surface area contributed by atoms with Crippen LogP contribution >= 0.6 is 0 Å². The van der Waals surface area contributed by atoms with Crippen LogP contribution in [0.2, 0.25) is 0 Å². The normalized spacial score (nSPS) is 13.9. The van der Waals surface area contributed by atoms with Gasteiger partial charge >= 0.3 is 0 Å². The fourth-order valence-electron chi connectivity index (χ4n) is 4.23. The molecule has 172 valence electrons. The molecule has 7 heteroatoms. The fourth-order valence-corrected chi connectivity index (χ4v) is 4.23. The Balaban J connectivity index is 1.19. The molecule has 1 saturated heterocycles. The van der Waals surface area contributed by atoms with Crippen molar-refractivity contribution in [3.63, 3.8) is 0 Å². The van der Waals surface area contributed by atoms with Gasteiger partial charge in [0.2, 0.25) is 0 Å². The zero-order valence-corrected chi connectivity index (χ0v) is 19.1. The van der Waals surface area contributed by atoms with E-state index in [-0.39, 0.29) is 5.91 Å². The first kappa shape index (κ1) is 21.8. The van der Waals surface area contributed by atoms with Gasteiger partial charge in [0.1, 0.15) is 0 Å². The maximum absolute atomic E-state index is 12.7. The van der Waals surface area contributed by atoms with E-state index in [0.717, 1.165) is 48.0 Å². The van der Waals surface area contributed by atoms with Gasteiger partial charge in [0, 0.05) is 48.8 Å². The summed E-state index contributed by atoms with van der Waals surface area (Å²) in [7, 11) is 0. The molecule has 2 aromatic carbocycles. The molecule has 5 rings (SSSR count). The maximum Gasteiger partial charge on any atom is 0.255 e. The van der Waals surface area contributed by atoms with Crippen molar-refractivity contribution in [1.29, 1.82) is 0 Å². The molecule has 1 N–H and O–H groups in total. The molecular weight excluding hydrogens is 424 g/mol. The summed E-state index contributed by atoms with van der Waals surface area (Å²) in [6.07, 6.45) is 10.5. The molecular formula is C27H28N6O. The lowest BCUT2D eigenvalue weighted by atomic mass is 10.1. The van der Waals surface area contributed by atoms with Crippen molar-refractivity contribution in [3.05, 3.63) is 90.5 Å². The van der Waals surface area contributed by atoms with Gasteiger partial charge in [0.25, 0.3) is 5.91 Å². The highest BCUT2D eigenvalue weighted by molar-refractivity contribution is 6.04. The van der Waals surface area contributed by atoms with Crippen LogP contribution in [0.4, 0.5) is 11.5 Å². The molecule has 0 radical (unpaired) electrons.